The predicted octanol–water partition coefficient (Wildman–Crippen LogP) is 1.49. The molecule has 2 nitrogen and oxygen atoms in total. The first-order valence-corrected chi connectivity index (χ1v) is 5.03. The quantitative estimate of drug-likeness (QED) is 0.546. The molecule has 1 aliphatic carbocycles. The van der Waals surface area contributed by atoms with Crippen LogP contribution in [0.2, 0.25) is 0 Å². The SMILES string of the molecule is O=C1CCC2=CC=CC3CCN1C23. The van der Waals surface area contributed by atoms with Crippen molar-refractivity contribution in [3.8, 4) is 0 Å². The van der Waals surface area contributed by atoms with E-state index in [0.29, 0.717) is 17.9 Å². The number of amides is 1. The fraction of sp³-hybridized carbons (Fsp3) is 0.545. The van der Waals surface area contributed by atoms with E-state index >= 15 is 0 Å². The Kier molecular flexibility index (Phi) is 1.40. The normalized spacial score (nSPS) is 36.2. The minimum absolute atomic E-state index is 0.361. The number of nitrogens with zero attached hydrogens (tertiary/aromatic N) is 1. The van der Waals surface area contributed by atoms with Gasteiger partial charge in [0.2, 0.25) is 5.91 Å². The monoisotopic (exact) mass is 175 g/mol. The second-order valence-corrected chi connectivity index (χ2v) is 4.11. The van der Waals surface area contributed by atoms with E-state index in [2.05, 4.69) is 23.1 Å². The maximum absolute atomic E-state index is 11.6. The molecule has 2 saturated heterocycles. The van der Waals surface area contributed by atoms with Crippen molar-refractivity contribution in [3.63, 3.8) is 0 Å². The van der Waals surface area contributed by atoms with Gasteiger partial charge in [0, 0.05) is 18.9 Å². The zero-order valence-corrected chi connectivity index (χ0v) is 7.57. The summed E-state index contributed by atoms with van der Waals surface area (Å²) in [5.41, 5.74) is 1.48. The Bertz CT molecular complexity index is 316. The molecule has 2 heteroatoms. The third-order valence-corrected chi connectivity index (χ3v) is 3.44. The molecule has 2 unspecified atom stereocenters. The molecule has 3 rings (SSSR count). The van der Waals surface area contributed by atoms with Crippen molar-refractivity contribution >= 4 is 5.91 Å². The Labute approximate surface area is 77.9 Å². The van der Waals surface area contributed by atoms with E-state index in [1.165, 1.54) is 5.57 Å². The number of piperidine rings is 1. The van der Waals surface area contributed by atoms with Gasteiger partial charge in [-0.05, 0) is 18.4 Å². The summed E-state index contributed by atoms with van der Waals surface area (Å²) in [6.07, 6.45) is 9.49. The molecule has 68 valence electrons. The lowest BCUT2D eigenvalue weighted by molar-refractivity contribution is -0.133. The van der Waals surface area contributed by atoms with Crippen LogP contribution in [-0.2, 0) is 4.79 Å². The molecule has 1 amide bonds. The predicted molar refractivity (Wildman–Crippen MR) is 50.1 cm³/mol. The van der Waals surface area contributed by atoms with E-state index in [9.17, 15) is 4.79 Å². The highest BCUT2D eigenvalue weighted by atomic mass is 16.2. The Morgan fingerprint density at radius 1 is 1.38 bits per heavy atom. The summed E-state index contributed by atoms with van der Waals surface area (Å²) in [5.74, 6) is 0.976. The zero-order valence-electron chi connectivity index (χ0n) is 7.57. The van der Waals surface area contributed by atoms with Gasteiger partial charge < -0.3 is 4.90 Å². The molecule has 2 aliphatic heterocycles. The lowest BCUT2D eigenvalue weighted by Gasteiger charge is -2.35. The molecule has 0 spiro atoms. The second-order valence-electron chi connectivity index (χ2n) is 4.11. The Morgan fingerprint density at radius 3 is 3.23 bits per heavy atom. The van der Waals surface area contributed by atoms with Crippen molar-refractivity contribution in [2.24, 2.45) is 5.92 Å². The fourth-order valence-electron chi connectivity index (χ4n) is 2.82. The van der Waals surface area contributed by atoms with Crippen LogP contribution in [0, 0.1) is 5.92 Å². The summed E-state index contributed by atoms with van der Waals surface area (Å²) in [5, 5.41) is 0. The van der Waals surface area contributed by atoms with Gasteiger partial charge in [0.1, 0.15) is 0 Å². The van der Waals surface area contributed by atoms with E-state index < -0.39 is 0 Å². The number of rotatable bonds is 0. The Hall–Kier alpha value is -1.05. The second kappa shape index (κ2) is 2.47. The largest absolute Gasteiger partial charge is 0.335 e. The molecule has 0 saturated carbocycles. The topological polar surface area (TPSA) is 20.3 Å². The molecule has 0 bridgehead atoms. The first kappa shape index (κ1) is 7.36. The van der Waals surface area contributed by atoms with E-state index in [1.54, 1.807) is 0 Å². The van der Waals surface area contributed by atoms with E-state index in [0.717, 1.165) is 25.8 Å². The van der Waals surface area contributed by atoms with Gasteiger partial charge in [-0.1, -0.05) is 18.2 Å². The maximum atomic E-state index is 11.6. The average molecular weight is 175 g/mol. The first-order valence-electron chi connectivity index (χ1n) is 5.03. The number of hydrogen-bond donors (Lipinski definition) is 0. The van der Waals surface area contributed by atoms with Crippen LogP contribution in [0.1, 0.15) is 19.3 Å². The third-order valence-electron chi connectivity index (χ3n) is 3.44. The van der Waals surface area contributed by atoms with E-state index in [1.807, 2.05) is 0 Å². The summed E-state index contributed by atoms with van der Waals surface area (Å²) >= 11 is 0. The van der Waals surface area contributed by atoms with Crippen molar-refractivity contribution < 1.29 is 4.79 Å². The van der Waals surface area contributed by atoms with Crippen LogP contribution >= 0.6 is 0 Å². The minimum Gasteiger partial charge on any atom is -0.335 e. The highest BCUT2D eigenvalue weighted by Crippen LogP contribution is 2.38. The van der Waals surface area contributed by atoms with Gasteiger partial charge in [0.25, 0.3) is 0 Å². The fourth-order valence-corrected chi connectivity index (χ4v) is 2.82. The van der Waals surface area contributed by atoms with Crippen LogP contribution in [0.15, 0.2) is 23.8 Å². The molecule has 0 N–H and O–H groups in total. The van der Waals surface area contributed by atoms with E-state index in [4.69, 9.17) is 0 Å². The summed E-state index contributed by atoms with van der Waals surface area (Å²) in [4.78, 5) is 13.7. The summed E-state index contributed by atoms with van der Waals surface area (Å²) in [6, 6.07) is 0.436. The van der Waals surface area contributed by atoms with Gasteiger partial charge in [0.15, 0.2) is 0 Å². The number of carbonyl (C=O) groups excluding carboxylic acids is 1. The standard InChI is InChI=1S/C11H13NO/c13-10-5-4-8-2-1-3-9-6-7-12(10)11(8)9/h1-3,9,11H,4-7H2. The van der Waals surface area contributed by atoms with Gasteiger partial charge in [-0.25, -0.2) is 0 Å². The van der Waals surface area contributed by atoms with Crippen molar-refractivity contribution in [2.75, 3.05) is 6.54 Å². The molecule has 2 fully saturated rings. The van der Waals surface area contributed by atoms with Gasteiger partial charge in [-0.2, -0.15) is 0 Å². The average Bonchev–Trinajstić information content (AvgIpc) is 2.57. The van der Waals surface area contributed by atoms with Crippen LogP contribution in [0.25, 0.3) is 0 Å². The Balaban J connectivity index is 2.02. The van der Waals surface area contributed by atoms with Crippen molar-refractivity contribution in [2.45, 2.75) is 25.3 Å². The number of allylic oxidation sites excluding steroid dienone is 2. The third kappa shape index (κ3) is 0.916. The van der Waals surface area contributed by atoms with Crippen LogP contribution < -0.4 is 0 Å². The Morgan fingerprint density at radius 2 is 2.31 bits per heavy atom. The number of carbonyl (C=O) groups is 1. The molecular weight excluding hydrogens is 162 g/mol. The van der Waals surface area contributed by atoms with Crippen molar-refractivity contribution in [1.29, 1.82) is 0 Å². The maximum Gasteiger partial charge on any atom is 0.223 e. The number of hydrogen-bond acceptors (Lipinski definition) is 1. The van der Waals surface area contributed by atoms with Gasteiger partial charge in [-0.3, -0.25) is 4.79 Å². The summed E-state index contributed by atoms with van der Waals surface area (Å²) < 4.78 is 0. The van der Waals surface area contributed by atoms with Crippen LogP contribution in [-0.4, -0.2) is 23.4 Å². The summed E-state index contributed by atoms with van der Waals surface area (Å²) in [7, 11) is 0. The van der Waals surface area contributed by atoms with Gasteiger partial charge in [-0.15, -0.1) is 0 Å². The van der Waals surface area contributed by atoms with Crippen LogP contribution in [0.4, 0.5) is 0 Å². The zero-order chi connectivity index (χ0) is 8.84. The molecular formula is C11H13NO. The van der Waals surface area contributed by atoms with Gasteiger partial charge in [0.05, 0.1) is 6.04 Å². The van der Waals surface area contributed by atoms with Crippen molar-refractivity contribution in [3.05, 3.63) is 23.8 Å². The molecule has 3 aliphatic rings. The first-order chi connectivity index (χ1) is 6.36. The highest BCUT2D eigenvalue weighted by Gasteiger charge is 2.41. The lowest BCUT2D eigenvalue weighted by atomic mass is 9.85. The highest BCUT2D eigenvalue weighted by molar-refractivity contribution is 5.79. The molecule has 2 atom stereocenters. The smallest absolute Gasteiger partial charge is 0.223 e. The molecule has 0 aromatic rings. The minimum atomic E-state index is 0.361. The molecule has 0 aromatic heterocycles. The molecule has 0 aromatic carbocycles. The summed E-state index contributed by atoms with van der Waals surface area (Å²) in [6.45, 7) is 0.968. The lowest BCUT2D eigenvalue weighted by Crippen LogP contribution is -2.43. The van der Waals surface area contributed by atoms with Crippen LogP contribution in [0.3, 0.4) is 0 Å². The van der Waals surface area contributed by atoms with E-state index in [-0.39, 0.29) is 0 Å². The molecule has 13 heavy (non-hydrogen) atoms. The van der Waals surface area contributed by atoms with Crippen LogP contribution in [0.5, 0.6) is 0 Å². The molecule has 0 radical (unpaired) electrons. The van der Waals surface area contributed by atoms with Crippen molar-refractivity contribution in [1.82, 2.24) is 4.90 Å². The van der Waals surface area contributed by atoms with Gasteiger partial charge >= 0.3 is 0 Å². The molecule has 2 heterocycles.